The smallest absolute Gasteiger partial charge is 0.410 e. The molecule has 19 heavy (non-hydrogen) atoms. The molecule has 2 rings (SSSR count). The van der Waals surface area contributed by atoms with Crippen LogP contribution in [0.4, 0.5) is 10.6 Å². The van der Waals surface area contributed by atoms with E-state index in [9.17, 15) is 4.79 Å². The van der Waals surface area contributed by atoms with Gasteiger partial charge in [0.15, 0.2) is 0 Å². The molecule has 0 spiro atoms. The number of fused-ring (bicyclic) bond motifs is 1. The molecule has 1 aromatic rings. The fourth-order valence-electron chi connectivity index (χ4n) is 2.06. The van der Waals surface area contributed by atoms with Crippen molar-refractivity contribution in [3.8, 4) is 0 Å². The van der Waals surface area contributed by atoms with Crippen molar-refractivity contribution in [3.63, 3.8) is 0 Å². The fourth-order valence-corrected chi connectivity index (χ4v) is 2.06. The number of carbonyl (C=O) groups excluding carboxylic acids is 1. The van der Waals surface area contributed by atoms with Gasteiger partial charge in [-0.25, -0.2) is 9.78 Å². The number of pyridine rings is 1. The van der Waals surface area contributed by atoms with E-state index in [0.29, 0.717) is 13.1 Å². The van der Waals surface area contributed by atoms with Crippen LogP contribution in [0.3, 0.4) is 0 Å². The monoisotopic (exact) mass is 263 g/mol. The summed E-state index contributed by atoms with van der Waals surface area (Å²) < 4.78 is 5.40. The second kappa shape index (κ2) is 5.07. The molecule has 0 saturated carbocycles. The van der Waals surface area contributed by atoms with Crippen molar-refractivity contribution >= 4 is 11.9 Å². The van der Waals surface area contributed by atoms with E-state index in [4.69, 9.17) is 4.74 Å². The van der Waals surface area contributed by atoms with Gasteiger partial charge >= 0.3 is 6.09 Å². The van der Waals surface area contributed by atoms with Gasteiger partial charge in [-0.1, -0.05) is 0 Å². The third kappa shape index (κ3) is 3.36. The number of aromatic nitrogens is 1. The minimum Gasteiger partial charge on any atom is -0.444 e. The van der Waals surface area contributed by atoms with Crippen LogP contribution in [0.2, 0.25) is 0 Å². The molecule has 0 fully saturated rings. The van der Waals surface area contributed by atoms with Crippen LogP contribution in [-0.4, -0.2) is 35.2 Å². The van der Waals surface area contributed by atoms with Crippen molar-refractivity contribution < 1.29 is 9.53 Å². The fraction of sp³-hybridized carbons (Fsp3) is 0.571. The summed E-state index contributed by atoms with van der Waals surface area (Å²) >= 11 is 0. The third-order valence-electron chi connectivity index (χ3n) is 3.00. The van der Waals surface area contributed by atoms with Gasteiger partial charge in [-0.15, -0.1) is 0 Å². The first-order chi connectivity index (χ1) is 8.89. The first kappa shape index (κ1) is 13.6. The topological polar surface area (TPSA) is 54.5 Å². The average molecular weight is 263 g/mol. The molecule has 0 saturated heterocycles. The standard InChI is InChI=1S/C14H21N3O2/c1-14(2,3)19-13(18)17-6-5-10-8-16-12(15-4)7-11(10)9-17/h7-8H,5-6,9H2,1-4H3,(H,15,16). The molecule has 0 bridgehead atoms. The second-order valence-corrected chi connectivity index (χ2v) is 5.74. The molecule has 0 aliphatic carbocycles. The lowest BCUT2D eigenvalue weighted by Crippen LogP contribution is -2.39. The molecule has 5 heteroatoms. The minimum absolute atomic E-state index is 0.249. The van der Waals surface area contributed by atoms with Crippen molar-refractivity contribution in [2.24, 2.45) is 0 Å². The molecule has 0 unspecified atom stereocenters. The van der Waals surface area contributed by atoms with E-state index in [-0.39, 0.29) is 6.09 Å². The van der Waals surface area contributed by atoms with Crippen LogP contribution in [0.1, 0.15) is 31.9 Å². The van der Waals surface area contributed by atoms with Gasteiger partial charge in [0.2, 0.25) is 0 Å². The molecule has 2 heterocycles. The van der Waals surface area contributed by atoms with E-state index < -0.39 is 5.60 Å². The number of hydrogen-bond donors (Lipinski definition) is 1. The summed E-state index contributed by atoms with van der Waals surface area (Å²) in [5.41, 5.74) is 1.89. The van der Waals surface area contributed by atoms with Gasteiger partial charge in [0.25, 0.3) is 0 Å². The lowest BCUT2D eigenvalue weighted by atomic mass is 10.0. The lowest BCUT2D eigenvalue weighted by Gasteiger charge is -2.31. The highest BCUT2D eigenvalue weighted by molar-refractivity contribution is 5.68. The maximum atomic E-state index is 12.1. The Labute approximate surface area is 114 Å². The first-order valence-electron chi connectivity index (χ1n) is 6.52. The Balaban J connectivity index is 2.10. The van der Waals surface area contributed by atoms with Crippen LogP contribution in [0, 0.1) is 0 Å². The van der Waals surface area contributed by atoms with Gasteiger partial charge in [0, 0.05) is 26.3 Å². The maximum Gasteiger partial charge on any atom is 0.410 e. The molecule has 0 radical (unpaired) electrons. The zero-order chi connectivity index (χ0) is 14.0. The molecule has 1 aromatic heterocycles. The molecule has 0 aromatic carbocycles. The number of carbonyl (C=O) groups is 1. The summed E-state index contributed by atoms with van der Waals surface area (Å²) in [6.07, 6.45) is 2.46. The van der Waals surface area contributed by atoms with Crippen LogP contribution >= 0.6 is 0 Å². The summed E-state index contributed by atoms with van der Waals surface area (Å²) in [7, 11) is 1.84. The summed E-state index contributed by atoms with van der Waals surface area (Å²) in [5, 5.41) is 3.01. The molecular formula is C14H21N3O2. The van der Waals surface area contributed by atoms with Crippen molar-refractivity contribution in [2.45, 2.75) is 39.3 Å². The highest BCUT2D eigenvalue weighted by Gasteiger charge is 2.25. The van der Waals surface area contributed by atoms with Gasteiger partial charge in [0.1, 0.15) is 11.4 Å². The van der Waals surface area contributed by atoms with E-state index in [2.05, 4.69) is 10.3 Å². The van der Waals surface area contributed by atoms with Crippen molar-refractivity contribution in [1.82, 2.24) is 9.88 Å². The molecule has 1 N–H and O–H groups in total. The maximum absolute atomic E-state index is 12.1. The highest BCUT2D eigenvalue weighted by atomic mass is 16.6. The number of ether oxygens (including phenoxy) is 1. The molecule has 5 nitrogen and oxygen atoms in total. The van der Waals surface area contributed by atoms with Gasteiger partial charge < -0.3 is 15.0 Å². The van der Waals surface area contributed by atoms with Gasteiger partial charge in [-0.2, -0.15) is 0 Å². The molecular weight excluding hydrogens is 242 g/mol. The zero-order valence-electron chi connectivity index (χ0n) is 12.0. The van der Waals surface area contributed by atoms with Crippen LogP contribution in [0.25, 0.3) is 0 Å². The number of nitrogens with zero attached hydrogens (tertiary/aromatic N) is 2. The van der Waals surface area contributed by atoms with Crippen LogP contribution in [0.5, 0.6) is 0 Å². The summed E-state index contributed by atoms with van der Waals surface area (Å²) in [5.74, 6) is 0.824. The van der Waals surface area contributed by atoms with E-state index in [1.807, 2.05) is 40.1 Å². The molecule has 1 amide bonds. The number of amides is 1. The van der Waals surface area contributed by atoms with Crippen molar-refractivity contribution in [2.75, 3.05) is 18.9 Å². The Bertz CT molecular complexity index is 480. The Morgan fingerprint density at radius 1 is 1.42 bits per heavy atom. The van der Waals surface area contributed by atoms with Gasteiger partial charge in [-0.05, 0) is 44.4 Å². The first-order valence-corrected chi connectivity index (χ1v) is 6.52. The minimum atomic E-state index is -0.453. The van der Waals surface area contributed by atoms with Crippen molar-refractivity contribution in [3.05, 3.63) is 23.4 Å². The molecule has 0 atom stereocenters. The van der Waals surface area contributed by atoms with E-state index >= 15 is 0 Å². The predicted octanol–water partition coefficient (Wildman–Crippen LogP) is 2.42. The Hall–Kier alpha value is -1.78. The number of anilines is 1. The number of rotatable bonds is 1. The molecule has 1 aliphatic rings. The van der Waals surface area contributed by atoms with Gasteiger partial charge in [-0.3, -0.25) is 0 Å². The van der Waals surface area contributed by atoms with Gasteiger partial charge in [0.05, 0.1) is 0 Å². The third-order valence-corrected chi connectivity index (χ3v) is 3.00. The lowest BCUT2D eigenvalue weighted by molar-refractivity contribution is 0.0224. The second-order valence-electron chi connectivity index (χ2n) is 5.74. The largest absolute Gasteiger partial charge is 0.444 e. The summed E-state index contributed by atoms with van der Waals surface area (Å²) in [6, 6.07) is 1.99. The average Bonchev–Trinajstić information content (AvgIpc) is 2.35. The Kier molecular flexibility index (Phi) is 3.64. The van der Waals surface area contributed by atoms with Crippen LogP contribution in [-0.2, 0) is 17.7 Å². The summed E-state index contributed by atoms with van der Waals surface area (Å²) in [4.78, 5) is 18.1. The zero-order valence-corrected chi connectivity index (χ0v) is 12.0. The summed E-state index contributed by atoms with van der Waals surface area (Å²) in [6.45, 7) is 6.91. The predicted molar refractivity (Wildman–Crippen MR) is 74.1 cm³/mol. The Morgan fingerprint density at radius 2 is 2.16 bits per heavy atom. The highest BCUT2D eigenvalue weighted by Crippen LogP contribution is 2.22. The molecule has 104 valence electrons. The van der Waals surface area contributed by atoms with E-state index in [1.165, 1.54) is 5.56 Å². The SMILES string of the molecule is CNc1cc2c(cn1)CCN(C(=O)OC(C)(C)C)C2. The Morgan fingerprint density at radius 3 is 2.79 bits per heavy atom. The van der Waals surface area contributed by atoms with Crippen molar-refractivity contribution in [1.29, 1.82) is 0 Å². The number of hydrogen-bond acceptors (Lipinski definition) is 4. The van der Waals surface area contributed by atoms with E-state index in [0.717, 1.165) is 17.8 Å². The quantitative estimate of drug-likeness (QED) is 0.845. The van der Waals surface area contributed by atoms with Crippen LogP contribution in [0.15, 0.2) is 12.3 Å². The normalized spacial score (nSPS) is 14.8. The van der Waals surface area contributed by atoms with Crippen LogP contribution < -0.4 is 5.32 Å². The van der Waals surface area contributed by atoms with E-state index in [1.54, 1.807) is 4.90 Å². The number of nitrogens with one attached hydrogen (secondary N) is 1. The molecule has 1 aliphatic heterocycles.